The molecule has 40 heavy (non-hydrogen) atoms. The van der Waals surface area contributed by atoms with Crippen molar-refractivity contribution in [3.63, 3.8) is 0 Å². The fourth-order valence-corrected chi connectivity index (χ4v) is 5.61. The van der Waals surface area contributed by atoms with Crippen molar-refractivity contribution in [3.8, 4) is 0 Å². The first-order valence-electron chi connectivity index (χ1n) is 14.5. The quantitative estimate of drug-likeness (QED) is 0.119. The highest BCUT2D eigenvalue weighted by Gasteiger charge is 2.18. The molecule has 0 aliphatic heterocycles. The summed E-state index contributed by atoms with van der Waals surface area (Å²) in [4.78, 5) is 2.07. The predicted octanol–water partition coefficient (Wildman–Crippen LogP) is 9.30. The third-order valence-corrected chi connectivity index (χ3v) is 8.22. The normalized spacial score (nSPS) is 11.6. The molecule has 0 atom stereocenters. The Balaban J connectivity index is 1.47. The third-order valence-electron chi connectivity index (χ3n) is 6.79. The largest absolute Gasteiger partial charge is 0.385 e. The van der Waals surface area contributed by atoms with Crippen LogP contribution in [0.3, 0.4) is 0 Å². The molecule has 0 saturated heterocycles. The Morgan fingerprint density at radius 1 is 0.675 bits per heavy atom. The Labute approximate surface area is 241 Å². The molecule has 3 aromatic carbocycles. The highest BCUT2D eigenvalue weighted by atomic mass is 32.2. The number of nitrogens with one attached hydrogen (secondary N) is 2. The second-order valence-corrected chi connectivity index (χ2v) is 12.0. The highest BCUT2D eigenvalue weighted by molar-refractivity contribution is 7.92. The number of hydrogen-bond donors (Lipinski definition) is 2. The Bertz CT molecular complexity index is 1270. The van der Waals surface area contributed by atoms with E-state index in [1.807, 2.05) is 55.4 Å². The second-order valence-electron chi connectivity index (χ2n) is 10.4. The lowest BCUT2D eigenvalue weighted by molar-refractivity contribution is 0.560. The van der Waals surface area contributed by atoms with E-state index < -0.39 is 10.0 Å². The van der Waals surface area contributed by atoms with Gasteiger partial charge in [-0.15, -0.1) is 5.11 Å². The maximum atomic E-state index is 13.2. The summed E-state index contributed by atoms with van der Waals surface area (Å²) in [7, 11) is 0.0837. The van der Waals surface area contributed by atoms with E-state index in [9.17, 15) is 8.42 Å². The molecule has 3 rings (SSSR count). The van der Waals surface area contributed by atoms with Gasteiger partial charge in [-0.1, -0.05) is 76.8 Å². The van der Waals surface area contributed by atoms with Gasteiger partial charge in [-0.2, -0.15) is 5.11 Å². The van der Waals surface area contributed by atoms with Gasteiger partial charge in [0.1, 0.15) is 10.6 Å². The maximum absolute atomic E-state index is 13.2. The molecule has 0 radical (unpaired) electrons. The van der Waals surface area contributed by atoms with Gasteiger partial charge in [0.25, 0.3) is 10.0 Å². The van der Waals surface area contributed by atoms with Crippen LogP contribution in [-0.4, -0.2) is 29.1 Å². The van der Waals surface area contributed by atoms with Gasteiger partial charge in [0.15, 0.2) is 0 Å². The predicted molar refractivity (Wildman–Crippen MR) is 169 cm³/mol. The minimum atomic E-state index is -3.85. The summed E-state index contributed by atoms with van der Waals surface area (Å²) in [6.07, 6.45) is 13.2. The van der Waals surface area contributed by atoms with Gasteiger partial charge in [-0.25, -0.2) is 8.42 Å². The molecule has 8 heteroatoms. The zero-order valence-corrected chi connectivity index (χ0v) is 25.1. The summed E-state index contributed by atoms with van der Waals surface area (Å²) in [5.41, 5.74) is 3.45. The minimum Gasteiger partial charge on any atom is -0.385 e. The summed E-state index contributed by atoms with van der Waals surface area (Å²) in [6, 6.07) is 21.5. The molecular formula is C32H45N5O2S. The van der Waals surface area contributed by atoms with Gasteiger partial charge < -0.3 is 10.2 Å². The first-order valence-corrected chi connectivity index (χ1v) is 16.0. The molecule has 0 fully saturated rings. The van der Waals surface area contributed by atoms with Crippen molar-refractivity contribution < 1.29 is 8.42 Å². The molecule has 7 nitrogen and oxygen atoms in total. The molecule has 0 spiro atoms. The number of hydrogen-bond acceptors (Lipinski definition) is 6. The lowest BCUT2D eigenvalue weighted by Crippen LogP contribution is -2.13. The van der Waals surface area contributed by atoms with Crippen LogP contribution in [0, 0.1) is 0 Å². The third kappa shape index (κ3) is 10.6. The number of rotatable bonds is 18. The van der Waals surface area contributed by atoms with Crippen molar-refractivity contribution in [2.45, 2.75) is 76.0 Å². The maximum Gasteiger partial charge on any atom is 0.264 e. The molecule has 0 aliphatic rings. The van der Waals surface area contributed by atoms with E-state index >= 15 is 0 Å². The van der Waals surface area contributed by atoms with E-state index in [1.54, 1.807) is 30.3 Å². The molecular weight excluding hydrogens is 518 g/mol. The Morgan fingerprint density at radius 2 is 1.25 bits per heavy atom. The molecule has 0 amide bonds. The van der Waals surface area contributed by atoms with Crippen molar-refractivity contribution in [1.29, 1.82) is 0 Å². The van der Waals surface area contributed by atoms with Crippen LogP contribution in [0.25, 0.3) is 0 Å². The van der Waals surface area contributed by atoms with Gasteiger partial charge in [-0.3, -0.25) is 4.72 Å². The van der Waals surface area contributed by atoms with Crippen molar-refractivity contribution in [2.75, 3.05) is 35.6 Å². The van der Waals surface area contributed by atoms with E-state index in [0.717, 1.165) is 24.3 Å². The van der Waals surface area contributed by atoms with Gasteiger partial charge in [-0.05, 0) is 67.1 Å². The zero-order chi connectivity index (χ0) is 28.6. The SMILES string of the molecule is CCCCCCCCCCCCNc1ccc(NS(=O)(=O)c2ccccc2N=Nc2ccc(N(C)C)cc2)cc1. The molecule has 0 aromatic heterocycles. The molecule has 0 aliphatic carbocycles. The van der Waals surface area contributed by atoms with Gasteiger partial charge >= 0.3 is 0 Å². The lowest BCUT2D eigenvalue weighted by atomic mass is 10.1. The van der Waals surface area contributed by atoms with Gasteiger partial charge in [0.2, 0.25) is 0 Å². The second kappa shape index (κ2) is 16.7. The molecule has 2 N–H and O–H groups in total. The standard InChI is InChI=1S/C32H45N5O2S/c1-4-5-6-7-8-9-10-11-12-15-26-33-27-18-20-29(21-19-27)36-40(38,39)32-17-14-13-16-31(32)35-34-28-22-24-30(25-23-28)37(2)3/h13-14,16-25,33,36H,4-12,15,26H2,1-3H3. The fourth-order valence-electron chi connectivity index (χ4n) is 4.41. The van der Waals surface area contributed by atoms with Crippen LogP contribution in [0.15, 0.2) is 87.9 Å². The van der Waals surface area contributed by atoms with Crippen LogP contribution >= 0.6 is 0 Å². The van der Waals surface area contributed by atoms with E-state index in [0.29, 0.717) is 11.4 Å². The van der Waals surface area contributed by atoms with Gasteiger partial charge in [0, 0.05) is 37.7 Å². The van der Waals surface area contributed by atoms with E-state index in [2.05, 4.69) is 27.2 Å². The Hall–Kier alpha value is -3.39. The number of unbranched alkanes of at least 4 members (excludes halogenated alkanes) is 9. The van der Waals surface area contributed by atoms with Crippen molar-refractivity contribution in [2.24, 2.45) is 10.2 Å². The average Bonchev–Trinajstić information content (AvgIpc) is 2.96. The van der Waals surface area contributed by atoms with Crippen LogP contribution < -0.4 is 14.9 Å². The van der Waals surface area contributed by atoms with E-state index in [1.165, 1.54) is 63.9 Å². The van der Waals surface area contributed by atoms with Crippen molar-refractivity contribution in [1.82, 2.24) is 0 Å². The van der Waals surface area contributed by atoms with E-state index in [-0.39, 0.29) is 10.6 Å². The first kappa shape index (κ1) is 31.1. The van der Waals surface area contributed by atoms with Crippen LogP contribution in [0.5, 0.6) is 0 Å². The Kier molecular flexibility index (Phi) is 13.0. The van der Waals surface area contributed by atoms with E-state index in [4.69, 9.17) is 0 Å². The summed E-state index contributed by atoms with van der Waals surface area (Å²) in [6.45, 7) is 3.17. The monoisotopic (exact) mass is 563 g/mol. The lowest BCUT2D eigenvalue weighted by Gasteiger charge is -2.12. The fraction of sp³-hybridized carbons (Fsp3) is 0.438. The van der Waals surface area contributed by atoms with Crippen molar-refractivity contribution in [3.05, 3.63) is 72.8 Å². The minimum absolute atomic E-state index is 0.0758. The molecule has 0 unspecified atom stereocenters. The van der Waals surface area contributed by atoms with Crippen LogP contribution in [0.2, 0.25) is 0 Å². The van der Waals surface area contributed by atoms with Crippen LogP contribution in [0.1, 0.15) is 71.1 Å². The molecule has 0 heterocycles. The number of benzene rings is 3. The smallest absolute Gasteiger partial charge is 0.264 e. The van der Waals surface area contributed by atoms with Crippen molar-refractivity contribution >= 4 is 38.5 Å². The molecule has 216 valence electrons. The number of nitrogens with zero attached hydrogens (tertiary/aromatic N) is 3. The summed E-state index contributed by atoms with van der Waals surface area (Å²) in [5.74, 6) is 0. The van der Waals surface area contributed by atoms with Crippen LogP contribution in [0.4, 0.5) is 28.4 Å². The first-order chi connectivity index (χ1) is 19.4. The molecule has 3 aromatic rings. The summed E-state index contributed by atoms with van der Waals surface area (Å²) < 4.78 is 29.0. The highest BCUT2D eigenvalue weighted by Crippen LogP contribution is 2.29. The number of anilines is 3. The van der Waals surface area contributed by atoms with Gasteiger partial charge in [0.05, 0.1) is 5.69 Å². The number of azo groups is 1. The summed E-state index contributed by atoms with van der Waals surface area (Å²) >= 11 is 0. The van der Waals surface area contributed by atoms with Crippen LogP contribution in [-0.2, 0) is 10.0 Å². The molecule has 0 bridgehead atoms. The summed E-state index contributed by atoms with van der Waals surface area (Å²) in [5, 5.41) is 11.9. The zero-order valence-electron chi connectivity index (χ0n) is 24.3. The average molecular weight is 564 g/mol. The number of sulfonamides is 1. The topological polar surface area (TPSA) is 86.2 Å². The Morgan fingerprint density at radius 3 is 1.88 bits per heavy atom. The molecule has 0 saturated carbocycles.